The number of aliphatic carboxylic acids is 1. The summed E-state index contributed by atoms with van der Waals surface area (Å²) in [6.45, 7) is 1.18. The van der Waals surface area contributed by atoms with Gasteiger partial charge in [-0.1, -0.05) is 6.92 Å². The van der Waals surface area contributed by atoms with Gasteiger partial charge in [0.25, 0.3) is 0 Å². The number of ether oxygens (including phenoxy) is 3. The maximum atomic E-state index is 13.7. The molecule has 6 rings (SSSR count). The Morgan fingerprint density at radius 3 is 2.67 bits per heavy atom. The van der Waals surface area contributed by atoms with Gasteiger partial charge in [0, 0.05) is 30.3 Å². The third-order valence-electron chi connectivity index (χ3n) is 8.45. The van der Waals surface area contributed by atoms with Crippen LogP contribution in [0.2, 0.25) is 0 Å². The third-order valence-corrected chi connectivity index (χ3v) is 8.45. The maximum Gasteiger partial charge on any atom is 0.407 e. The second-order valence-corrected chi connectivity index (χ2v) is 10.9. The number of rotatable bonds is 9. The van der Waals surface area contributed by atoms with E-state index in [4.69, 9.17) is 18.3 Å². The molecule has 0 saturated heterocycles. The number of carbonyl (C=O) groups is 2. The Labute approximate surface area is 250 Å². The van der Waals surface area contributed by atoms with E-state index < -0.39 is 48.5 Å². The number of carboxylic acid groups (broad SMARTS) is 1. The molecule has 15 heteroatoms. The van der Waals surface area contributed by atoms with Crippen LogP contribution in [0.1, 0.15) is 43.3 Å². The van der Waals surface area contributed by atoms with E-state index in [2.05, 4.69) is 25.7 Å². The number of alkyl carbamates (subject to hydrolysis) is 1. The molecule has 4 aromatic heterocycles. The predicted octanol–water partition coefficient (Wildman–Crippen LogP) is 2.52. The van der Waals surface area contributed by atoms with Gasteiger partial charge in [0.2, 0.25) is 5.88 Å². The molecule has 0 radical (unpaired) electrons. The molecule has 5 atom stereocenters. The van der Waals surface area contributed by atoms with Crippen molar-refractivity contribution < 1.29 is 33.0 Å². The lowest BCUT2D eigenvalue weighted by molar-refractivity contribution is -0.143. The molecule has 4 aromatic rings. The minimum Gasteiger partial charge on any atom is -0.479 e. The second-order valence-electron chi connectivity index (χ2n) is 10.9. The van der Waals surface area contributed by atoms with Gasteiger partial charge in [-0.2, -0.15) is 0 Å². The number of carbonyl (C=O) groups excluding carboxylic acids is 1. The van der Waals surface area contributed by atoms with Gasteiger partial charge in [0.05, 0.1) is 48.5 Å². The lowest BCUT2D eigenvalue weighted by Gasteiger charge is -2.18. The molecule has 0 aromatic carbocycles. The molecule has 2 saturated carbocycles. The summed E-state index contributed by atoms with van der Waals surface area (Å²) in [5.41, 5.74) is -1.28. The Bertz CT molecular complexity index is 1900. The fourth-order valence-electron chi connectivity index (χ4n) is 6.13. The average molecular weight is 598 g/mol. The third kappa shape index (κ3) is 4.54. The molecule has 228 valence electrons. The molecule has 43 heavy (non-hydrogen) atoms. The van der Waals surface area contributed by atoms with Crippen LogP contribution in [0.5, 0.6) is 5.88 Å². The second kappa shape index (κ2) is 10.6. The molecule has 1 amide bonds. The molecule has 2 fully saturated rings. The van der Waals surface area contributed by atoms with Crippen LogP contribution in [0.3, 0.4) is 0 Å². The van der Waals surface area contributed by atoms with Crippen molar-refractivity contribution in [2.45, 2.75) is 56.8 Å². The number of hydrogen-bond donors (Lipinski definition) is 3. The number of aromatic nitrogens is 6. The normalized spacial score (nSPS) is 26.1. The molecule has 4 heterocycles. The number of anilines is 2. The van der Waals surface area contributed by atoms with Gasteiger partial charge in [-0.15, -0.1) is 5.10 Å². The van der Waals surface area contributed by atoms with Crippen molar-refractivity contribution in [3.63, 3.8) is 0 Å². The van der Waals surface area contributed by atoms with Gasteiger partial charge in [0.1, 0.15) is 11.6 Å². The minimum absolute atomic E-state index is 0.0999. The van der Waals surface area contributed by atoms with Crippen LogP contribution in [0.25, 0.3) is 22.1 Å². The first kappa shape index (κ1) is 24.9. The highest BCUT2D eigenvalue weighted by molar-refractivity contribution is 5.88. The van der Waals surface area contributed by atoms with Crippen molar-refractivity contribution in [3.05, 3.63) is 34.9 Å². The van der Waals surface area contributed by atoms with E-state index >= 15 is 0 Å². The number of pyridine rings is 2. The minimum atomic E-state index is -2.79. The zero-order valence-corrected chi connectivity index (χ0v) is 24.0. The Morgan fingerprint density at radius 2 is 2.02 bits per heavy atom. The molecular formula is C28H34N8O7. The van der Waals surface area contributed by atoms with Crippen LogP contribution in [-0.4, -0.2) is 79.0 Å². The molecule has 0 unspecified atom stereocenters. The fraction of sp³-hybridized carbons (Fsp3) is 0.500. The van der Waals surface area contributed by atoms with Gasteiger partial charge < -0.3 is 30.0 Å². The maximum absolute atomic E-state index is 13.7. The summed E-state index contributed by atoms with van der Waals surface area (Å²) in [5.74, 6) is -0.339. The largest absolute Gasteiger partial charge is 0.479 e. The number of hydrogen-bond acceptors (Lipinski definition) is 10. The smallest absolute Gasteiger partial charge is 0.407 e. The summed E-state index contributed by atoms with van der Waals surface area (Å²) in [6.07, 6.45) is 1.20. The summed E-state index contributed by atoms with van der Waals surface area (Å²) in [7, 11) is 2.74. The lowest BCUT2D eigenvalue weighted by Crippen LogP contribution is -2.40. The van der Waals surface area contributed by atoms with Gasteiger partial charge >= 0.3 is 17.8 Å². The van der Waals surface area contributed by atoms with Crippen molar-refractivity contribution in [1.29, 1.82) is 0 Å². The average Bonchev–Trinajstić information content (AvgIpc) is 3.25. The predicted molar refractivity (Wildman–Crippen MR) is 155 cm³/mol. The van der Waals surface area contributed by atoms with Crippen molar-refractivity contribution in [1.82, 2.24) is 34.2 Å². The van der Waals surface area contributed by atoms with E-state index in [1.807, 2.05) is 6.92 Å². The van der Waals surface area contributed by atoms with Crippen molar-refractivity contribution >= 4 is 45.8 Å². The lowest BCUT2D eigenvalue weighted by atomic mass is 10.2. The SMILES string of the molecule is [2H]C([2H])([2H])n1c(=O)n([C@H]2C[C@H](NC(=O)OC)[C@@H](OC)C2)c2cc(Nc3ccc4c(OCC)nn([C@@]5(C(=O)O)C[C@@H]5C)c4n3)ncc21. The Balaban J connectivity index is 1.41. The van der Waals surface area contributed by atoms with Crippen molar-refractivity contribution in [2.24, 2.45) is 12.9 Å². The van der Waals surface area contributed by atoms with Gasteiger partial charge in [-0.25, -0.2) is 29.0 Å². The Hall–Kier alpha value is -4.66. The summed E-state index contributed by atoms with van der Waals surface area (Å²) in [5, 5.41) is 20.9. The van der Waals surface area contributed by atoms with Crippen molar-refractivity contribution in [3.8, 4) is 5.88 Å². The molecule has 0 aliphatic heterocycles. The van der Waals surface area contributed by atoms with Gasteiger partial charge in [-0.3, -0.25) is 9.13 Å². The number of imidazole rings is 1. The van der Waals surface area contributed by atoms with E-state index in [0.29, 0.717) is 41.8 Å². The van der Waals surface area contributed by atoms with Crippen LogP contribution in [-0.2, 0) is 26.8 Å². The molecule has 15 nitrogen and oxygen atoms in total. The number of nitrogens with one attached hydrogen (secondary N) is 2. The summed E-state index contributed by atoms with van der Waals surface area (Å²) < 4.78 is 43.6. The topological polar surface area (TPSA) is 177 Å². The summed E-state index contributed by atoms with van der Waals surface area (Å²) >= 11 is 0. The number of methoxy groups -OCH3 is 2. The number of aryl methyl sites for hydroxylation is 1. The molecule has 3 N–H and O–H groups in total. The zero-order valence-electron chi connectivity index (χ0n) is 27.0. The monoisotopic (exact) mass is 597 g/mol. The number of nitrogens with zero attached hydrogens (tertiary/aromatic N) is 6. The van der Waals surface area contributed by atoms with E-state index in [0.717, 1.165) is 4.57 Å². The van der Waals surface area contributed by atoms with E-state index in [9.17, 15) is 19.5 Å². The molecule has 2 aliphatic carbocycles. The highest BCUT2D eigenvalue weighted by Crippen LogP contribution is 2.51. The van der Waals surface area contributed by atoms with Crippen LogP contribution >= 0.6 is 0 Å². The first-order valence-corrected chi connectivity index (χ1v) is 13.9. The summed E-state index contributed by atoms with van der Waals surface area (Å²) in [6, 6.07) is 3.94. The van der Waals surface area contributed by atoms with Crippen LogP contribution < -0.4 is 21.1 Å². The zero-order chi connectivity index (χ0) is 33.1. The number of fused-ring (bicyclic) bond motifs is 2. The summed E-state index contributed by atoms with van der Waals surface area (Å²) in [4.78, 5) is 47.0. The highest BCUT2D eigenvalue weighted by atomic mass is 16.5. The molecule has 0 spiro atoms. The van der Waals surface area contributed by atoms with Gasteiger partial charge in [0.15, 0.2) is 11.2 Å². The first-order chi connectivity index (χ1) is 21.8. The van der Waals surface area contributed by atoms with Crippen LogP contribution in [0, 0.1) is 5.92 Å². The highest BCUT2D eigenvalue weighted by Gasteiger charge is 2.61. The Kier molecular flexibility index (Phi) is 6.11. The van der Waals surface area contributed by atoms with Crippen LogP contribution in [0.4, 0.5) is 16.4 Å². The van der Waals surface area contributed by atoms with Crippen LogP contribution in [0.15, 0.2) is 29.2 Å². The van der Waals surface area contributed by atoms with E-state index in [1.165, 1.54) is 29.7 Å². The standard InChI is InChI=1S/C28H34N8O7/c1-6-43-24-16-7-8-21(32-23(16)36(33-24)28(25(37)38)12-14(28)2)31-22-11-18-19(13-29-22)34(3)27(40)35(18)15-9-17(20(10-15)41-4)30-26(39)42-5/h7-8,11,13-15,17,20H,6,9-10,12H2,1-5H3,(H,30,39)(H,37,38)(H,29,31,32)/t14-,15-,17-,20-,28-/m0/s1/i3D3. The first-order valence-electron chi connectivity index (χ1n) is 15.4. The molecule has 0 bridgehead atoms. The number of amides is 1. The van der Waals surface area contributed by atoms with E-state index in [1.54, 1.807) is 25.1 Å². The quantitative estimate of drug-likeness (QED) is 0.258. The number of carboxylic acids is 1. The van der Waals surface area contributed by atoms with Crippen molar-refractivity contribution in [2.75, 3.05) is 26.1 Å². The fourth-order valence-corrected chi connectivity index (χ4v) is 6.13. The Morgan fingerprint density at radius 1 is 1.23 bits per heavy atom. The van der Waals surface area contributed by atoms with Gasteiger partial charge in [-0.05, 0) is 44.2 Å². The van der Waals surface area contributed by atoms with E-state index in [-0.39, 0.29) is 29.6 Å². The molecule has 2 aliphatic rings. The molecular weight excluding hydrogens is 560 g/mol.